The van der Waals surface area contributed by atoms with Crippen molar-refractivity contribution >= 4 is 12.0 Å². The Hall–Kier alpha value is -2.04. The second kappa shape index (κ2) is 8.11. The minimum atomic E-state index is -0.709. The molecule has 5 nitrogen and oxygen atoms in total. The Morgan fingerprint density at radius 3 is 2.31 bits per heavy atom. The third-order valence-corrected chi connectivity index (χ3v) is 6.21. The fourth-order valence-corrected chi connectivity index (χ4v) is 4.52. The van der Waals surface area contributed by atoms with Gasteiger partial charge in [-0.3, -0.25) is 4.79 Å². The molecule has 26 heavy (non-hydrogen) atoms. The van der Waals surface area contributed by atoms with E-state index in [0.717, 1.165) is 32.1 Å². The fourth-order valence-electron chi connectivity index (χ4n) is 4.52. The number of nitrogens with one attached hydrogen (secondary N) is 1. The van der Waals surface area contributed by atoms with Gasteiger partial charge in [-0.2, -0.15) is 0 Å². The summed E-state index contributed by atoms with van der Waals surface area (Å²) in [5.74, 6) is -0.561. The van der Waals surface area contributed by atoms with E-state index in [1.807, 2.05) is 11.9 Å². The minimum absolute atomic E-state index is 0.0206. The average Bonchev–Trinajstić information content (AvgIpc) is 3.11. The Balaban J connectivity index is 1.57. The second-order valence-corrected chi connectivity index (χ2v) is 7.96. The van der Waals surface area contributed by atoms with Gasteiger partial charge in [-0.25, -0.2) is 4.79 Å². The first kappa shape index (κ1) is 18.7. The molecule has 2 fully saturated rings. The maximum absolute atomic E-state index is 12.7. The van der Waals surface area contributed by atoms with Gasteiger partial charge in [-0.1, -0.05) is 36.2 Å². The quantitative estimate of drug-likeness (QED) is 0.857. The molecule has 1 aromatic rings. The van der Waals surface area contributed by atoms with Crippen LogP contribution in [0.15, 0.2) is 24.3 Å². The number of urea groups is 1. The Kier molecular flexibility index (Phi) is 5.84. The van der Waals surface area contributed by atoms with E-state index < -0.39 is 5.97 Å². The van der Waals surface area contributed by atoms with Crippen LogP contribution in [0.5, 0.6) is 0 Å². The zero-order valence-corrected chi connectivity index (χ0v) is 15.8. The normalized spacial score (nSPS) is 28.5. The third kappa shape index (κ3) is 4.19. The lowest BCUT2D eigenvalue weighted by atomic mass is 9.86. The molecule has 0 spiro atoms. The molecule has 2 N–H and O–H groups in total. The Morgan fingerprint density at radius 1 is 1.04 bits per heavy atom. The molecule has 2 aliphatic rings. The SMILES string of the molecule is Cc1ccc(C2CCCC2N(C)C(=O)NC2CCC(C(=O)O)CC2)cc1. The molecule has 5 heteroatoms. The Labute approximate surface area is 155 Å². The molecule has 2 aliphatic carbocycles. The van der Waals surface area contributed by atoms with Gasteiger partial charge in [0.2, 0.25) is 0 Å². The van der Waals surface area contributed by atoms with Crippen LogP contribution in [-0.2, 0) is 4.79 Å². The largest absolute Gasteiger partial charge is 0.481 e. The molecule has 0 heterocycles. The van der Waals surface area contributed by atoms with Crippen LogP contribution >= 0.6 is 0 Å². The number of aryl methyl sites for hydroxylation is 1. The van der Waals surface area contributed by atoms with Crippen LogP contribution in [0.4, 0.5) is 4.79 Å². The number of amides is 2. The molecule has 3 rings (SSSR count). The number of likely N-dealkylation sites (N-methyl/N-ethyl adjacent to an activating group) is 1. The van der Waals surface area contributed by atoms with Crippen LogP contribution in [0.2, 0.25) is 0 Å². The Bertz CT molecular complexity index is 635. The molecule has 1 aromatic carbocycles. The third-order valence-electron chi connectivity index (χ3n) is 6.21. The molecular formula is C21H30N2O3. The van der Waals surface area contributed by atoms with Crippen LogP contribution < -0.4 is 5.32 Å². The van der Waals surface area contributed by atoms with Gasteiger partial charge in [0.05, 0.1) is 5.92 Å². The van der Waals surface area contributed by atoms with Crippen molar-refractivity contribution in [2.75, 3.05) is 7.05 Å². The predicted molar refractivity (Wildman–Crippen MR) is 101 cm³/mol. The number of nitrogens with zero attached hydrogens (tertiary/aromatic N) is 1. The number of hydrogen-bond donors (Lipinski definition) is 2. The topological polar surface area (TPSA) is 69.6 Å². The summed E-state index contributed by atoms with van der Waals surface area (Å²) in [5.41, 5.74) is 2.58. The first-order chi connectivity index (χ1) is 12.5. The molecule has 2 amide bonds. The highest BCUT2D eigenvalue weighted by atomic mass is 16.4. The maximum Gasteiger partial charge on any atom is 0.317 e. The number of rotatable bonds is 4. The summed E-state index contributed by atoms with van der Waals surface area (Å²) in [6.07, 6.45) is 6.11. The van der Waals surface area contributed by atoms with Gasteiger partial charge in [0.1, 0.15) is 0 Å². The van der Waals surface area contributed by atoms with Crippen molar-refractivity contribution < 1.29 is 14.7 Å². The first-order valence-corrected chi connectivity index (χ1v) is 9.78. The first-order valence-electron chi connectivity index (χ1n) is 9.78. The van der Waals surface area contributed by atoms with Crippen LogP contribution in [0.3, 0.4) is 0 Å². The number of carboxylic acids is 1. The van der Waals surface area contributed by atoms with Crippen LogP contribution in [0.1, 0.15) is 62.0 Å². The van der Waals surface area contributed by atoms with Crippen molar-refractivity contribution in [3.8, 4) is 0 Å². The van der Waals surface area contributed by atoms with Crippen molar-refractivity contribution in [3.63, 3.8) is 0 Å². The van der Waals surface area contributed by atoms with Crippen molar-refractivity contribution in [1.29, 1.82) is 0 Å². The number of hydrogen-bond acceptors (Lipinski definition) is 2. The zero-order valence-electron chi connectivity index (χ0n) is 15.8. The molecule has 0 saturated heterocycles. The number of benzene rings is 1. The van der Waals surface area contributed by atoms with E-state index in [0.29, 0.717) is 18.8 Å². The summed E-state index contributed by atoms with van der Waals surface area (Å²) in [5, 5.41) is 12.2. The van der Waals surface area contributed by atoms with Crippen LogP contribution in [0, 0.1) is 12.8 Å². The van der Waals surface area contributed by atoms with E-state index in [1.165, 1.54) is 11.1 Å². The number of aliphatic carboxylic acids is 1. The van der Waals surface area contributed by atoms with E-state index in [9.17, 15) is 9.59 Å². The molecule has 0 radical (unpaired) electrons. The Morgan fingerprint density at radius 2 is 1.69 bits per heavy atom. The number of carbonyl (C=O) groups is 2. The molecule has 2 saturated carbocycles. The van der Waals surface area contributed by atoms with Gasteiger partial charge in [0.15, 0.2) is 0 Å². The van der Waals surface area contributed by atoms with Crippen LogP contribution in [-0.4, -0.2) is 41.1 Å². The maximum atomic E-state index is 12.7. The van der Waals surface area contributed by atoms with E-state index in [1.54, 1.807) is 0 Å². The molecule has 0 bridgehead atoms. The monoisotopic (exact) mass is 358 g/mol. The molecule has 142 valence electrons. The van der Waals surface area contributed by atoms with Gasteiger partial charge in [0.25, 0.3) is 0 Å². The van der Waals surface area contributed by atoms with E-state index in [2.05, 4.69) is 36.5 Å². The van der Waals surface area contributed by atoms with Crippen LogP contribution in [0.25, 0.3) is 0 Å². The lowest BCUT2D eigenvalue weighted by molar-refractivity contribution is -0.142. The average molecular weight is 358 g/mol. The molecule has 0 aliphatic heterocycles. The molecule has 2 atom stereocenters. The predicted octanol–water partition coefficient (Wildman–Crippen LogP) is 3.92. The highest BCUT2D eigenvalue weighted by Crippen LogP contribution is 2.37. The highest BCUT2D eigenvalue weighted by Gasteiger charge is 2.35. The summed E-state index contributed by atoms with van der Waals surface area (Å²) in [6.45, 7) is 2.09. The van der Waals surface area contributed by atoms with E-state index in [4.69, 9.17) is 5.11 Å². The molecule has 2 unspecified atom stereocenters. The van der Waals surface area contributed by atoms with Gasteiger partial charge in [0, 0.05) is 25.0 Å². The fraction of sp³-hybridized carbons (Fsp3) is 0.619. The number of carbonyl (C=O) groups excluding carboxylic acids is 1. The van der Waals surface area contributed by atoms with Crippen molar-refractivity contribution in [3.05, 3.63) is 35.4 Å². The summed E-state index contributed by atoms with van der Waals surface area (Å²) >= 11 is 0. The standard InChI is InChI=1S/C21H30N2O3/c1-14-6-8-15(9-7-14)18-4-3-5-19(18)23(2)21(26)22-17-12-10-16(11-13-17)20(24)25/h6-9,16-19H,3-5,10-13H2,1-2H3,(H,22,26)(H,24,25). The minimum Gasteiger partial charge on any atom is -0.481 e. The highest BCUT2D eigenvalue weighted by molar-refractivity contribution is 5.75. The summed E-state index contributed by atoms with van der Waals surface area (Å²) < 4.78 is 0. The van der Waals surface area contributed by atoms with E-state index in [-0.39, 0.29) is 24.0 Å². The smallest absolute Gasteiger partial charge is 0.317 e. The summed E-state index contributed by atoms with van der Waals surface area (Å²) in [7, 11) is 1.90. The van der Waals surface area contributed by atoms with E-state index >= 15 is 0 Å². The lowest BCUT2D eigenvalue weighted by Gasteiger charge is -2.33. The van der Waals surface area contributed by atoms with Gasteiger partial charge < -0.3 is 15.3 Å². The second-order valence-electron chi connectivity index (χ2n) is 7.96. The lowest BCUT2D eigenvalue weighted by Crippen LogP contribution is -2.49. The molecular weight excluding hydrogens is 328 g/mol. The number of carboxylic acid groups (broad SMARTS) is 1. The molecule has 0 aromatic heterocycles. The van der Waals surface area contributed by atoms with Gasteiger partial charge >= 0.3 is 12.0 Å². The van der Waals surface area contributed by atoms with Gasteiger partial charge in [-0.05, 0) is 51.0 Å². The summed E-state index contributed by atoms with van der Waals surface area (Å²) in [6, 6.07) is 8.98. The van der Waals surface area contributed by atoms with Crippen molar-refractivity contribution in [2.24, 2.45) is 5.92 Å². The van der Waals surface area contributed by atoms with Gasteiger partial charge in [-0.15, -0.1) is 0 Å². The zero-order chi connectivity index (χ0) is 18.7. The van der Waals surface area contributed by atoms with Crippen molar-refractivity contribution in [2.45, 2.75) is 69.9 Å². The van der Waals surface area contributed by atoms with Crippen molar-refractivity contribution in [1.82, 2.24) is 10.2 Å². The summed E-state index contributed by atoms with van der Waals surface area (Å²) in [4.78, 5) is 25.7.